The van der Waals surface area contributed by atoms with Crippen molar-refractivity contribution in [2.24, 2.45) is 0 Å². The number of H-pyrrole nitrogens is 1. The highest BCUT2D eigenvalue weighted by Gasteiger charge is 2.25. The van der Waals surface area contributed by atoms with Gasteiger partial charge in [-0.3, -0.25) is 14.5 Å². The second-order valence-corrected chi connectivity index (χ2v) is 7.21. The van der Waals surface area contributed by atoms with Crippen LogP contribution in [0.25, 0.3) is 0 Å². The van der Waals surface area contributed by atoms with E-state index < -0.39 is 11.9 Å². The first-order valence-electron chi connectivity index (χ1n) is 10.1. The first-order chi connectivity index (χ1) is 15.2. The van der Waals surface area contributed by atoms with Crippen LogP contribution in [0.15, 0.2) is 18.2 Å². The van der Waals surface area contributed by atoms with Gasteiger partial charge in [0.05, 0.1) is 52.3 Å². The lowest BCUT2D eigenvalue weighted by Crippen LogP contribution is -2.35. The van der Waals surface area contributed by atoms with Crippen molar-refractivity contribution in [2.45, 2.75) is 27.3 Å². The monoisotopic (exact) mass is 446 g/mol. The summed E-state index contributed by atoms with van der Waals surface area (Å²) in [6.45, 7) is 5.48. The third-order valence-corrected chi connectivity index (χ3v) is 4.96. The second-order valence-electron chi connectivity index (χ2n) is 7.21. The first-order valence-corrected chi connectivity index (χ1v) is 10.1. The number of esters is 2. The van der Waals surface area contributed by atoms with Crippen LogP contribution in [0.5, 0.6) is 11.5 Å². The predicted octanol–water partition coefficient (Wildman–Crippen LogP) is 2.68. The summed E-state index contributed by atoms with van der Waals surface area (Å²) in [6.07, 6.45) is 0. The van der Waals surface area contributed by atoms with Crippen molar-refractivity contribution in [1.82, 2.24) is 9.88 Å². The molecule has 0 saturated carbocycles. The molecule has 1 aromatic heterocycles. The minimum atomic E-state index is -0.479. The van der Waals surface area contributed by atoms with E-state index in [2.05, 4.69) is 4.98 Å². The summed E-state index contributed by atoms with van der Waals surface area (Å²) in [4.78, 5) is 42.0. The number of methoxy groups -OCH3 is 3. The van der Waals surface area contributed by atoms with Gasteiger partial charge in [-0.2, -0.15) is 0 Å². The Bertz CT molecular complexity index is 959. The molecule has 1 heterocycles. The van der Waals surface area contributed by atoms with Crippen LogP contribution in [0.2, 0.25) is 0 Å². The number of hydrogen-bond acceptors (Lipinski definition) is 8. The normalized spacial score (nSPS) is 10.7. The molecule has 0 aliphatic carbocycles. The summed E-state index contributed by atoms with van der Waals surface area (Å²) in [6, 6.07) is 5.35. The molecule has 0 spiro atoms. The zero-order chi connectivity index (χ0) is 23.8. The molecule has 0 aliphatic heterocycles. The lowest BCUT2D eigenvalue weighted by molar-refractivity contribution is -0.141. The van der Waals surface area contributed by atoms with Crippen LogP contribution < -0.4 is 9.47 Å². The highest BCUT2D eigenvalue weighted by molar-refractivity contribution is 6.02. The molecule has 2 rings (SSSR count). The molecule has 0 radical (unpaired) electrons. The molecule has 2 aromatic rings. The fourth-order valence-corrected chi connectivity index (χ4v) is 3.45. The minimum absolute atomic E-state index is 0.0717. The summed E-state index contributed by atoms with van der Waals surface area (Å²) in [5, 5.41) is 0. The van der Waals surface area contributed by atoms with Crippen molar-refractivity contribution < 1.29 is 33.3 Å². The van der Waals surface area contributed by atoms with Crippen molar-refractivity contribution in [2.75, 3.05) is 41.0 Å². The molecule has 1 aromatic carbocycles. The van der Waals surface area contributed by atoms with E-state index in [0.717, 1.165) is 5.56 Å². The van der Waals surface area contributed by atoms with Crippen LogP contribution in [-0.2, 0) is 20.8 Å². The van der Waals surface area contributed by atoms with Gasteiger partial charge >= 0.3 is 11.9 Å². The molecule has 0 saturated heterocycles. The third-order valence-electron chi connectivity index (χ3n) is 4.96. The topological polar surface area (TPSA) is 107 Å². The largest absolute Gasteiger partial charge is 0.497 e. The van der Waals surface area contributed by atoms with Crippen molar-refractivity contribution in [3.05, 3.63) is 46.3 Å². The van der Waals surface area contributed by atoms with Gasteiger partial charge in [-0.15, -0.1) is 0 Å². The Balaban J connectivity index is 2.30. The number of rotatable bonds is 11. The fourth-order valence-electron chi connectivity index (χ4n) is 3.45. The van der Waals surface area contributed by atoms with Gasteiger partial charge in [-0.1, -0.05) is 0 Å². The van der Waals surface area contributed by atoms with E-state index in [9.17, 15) is 14.4 Å². The van der Waals surface area contributed by atoms with Crippen molar-refractivity contribution >= 4 is 17.7 Å². The molecule has 0 unspecified atom stereocenters. The molecule has 32 heavy (non-hydrogen) atoms. The molecule has 0 bridgehead atoms. The van der Waals surface area contributed by atoms with Crippen molar-refractivity contribution in [3.63, 3.8) is 0 Å². The Morgan fingerprint density at radius 1 is 0.969 bits per heavy atom. The number of carbonyl (C=O) groups is 3. The number of ketones is 1. The van der Waals surface area contributed by atoms with E-state index in [4.69, 9.17) is 18.9 Å². The maximum atomic E-state index is 13.1. The van der Waals surface area contributed by atoms with Gasteiger partial charge in [-0.25, -0.2) is 4.79 Å². The Labute approximate surface area is 187 Å². The number of hydrogen-bond donors (Lipinski definition) is 1. The van der Waals surface area contributed by atoms with E-state index in [0.29, 0.717) is 34.0 Å². The number of aromatic nitrogens is 1. The number of carbonyl (C=O) groups excluding carboxylic acids is 3. The second kappa shape index (κ2) is 11.3. The molecule has 0 atom stereocenters. The zero-order valence-corrected chi connectivity index (χ0v) is 19.4. The molecule has 1 N–H and O–H groups in total. The van der Waals surface area contributed by atoms with E-state index in [1.807, 2.05) is 0 Å². The maximum absolute atomic E-state index is 13.1. The van der Waals surface area contributed by atoms with Gasteiger partial charge in [0.25, 0.3) is 0 Å². The van der Waals surface area contributed by atoms with Crippen LogP contribution in [0.3, 0.4) is 0 Å². The van der Waals surface area contributed by atoms with Gasteiger partial charge < -0.3 is 23.9 Å². The van der Waals surface area contributed by atoms with Crippen LogP contribution in [-0.4, -0.2) is 68.6 Å². The lowest BCUT2D eigenvalue weighted by Gasteiger charge is -2.21. The summed E-state index contributed by atoms with van der Waals surface area (Å²) in [5.74, 6) is -0.0240. The van der Waals surface area contributed by atoms with Crippen LogP contribution >= 0.6 is 0 Å². The number of aryl methyl sites for hydroxylation is 1. The predicted molar refractivity (Wildman–Crippen MR) is 117 cm³/mol. The average molecular weight is 447 g/mol. The van der Waals surface area contributed by atoms with Gasteiger partial charge in [0.15, 0.2) is 5.78 Å². The van der Waals surface area contributed by atoms with Crippen molar-refractivity contribution in [3.8, 4) is 11.5 Å². The Morgan fingerprint density at radius 2 is 1.59 bits per heavy atom. The van der Waals surface area contributed by atoms with Crippen molar-refractivity contribution in [1.29, 1.82) is 0 Å². The number of ether oxygens (including phenoxy) is 4. The van der Waals surface area contributed by atoms with E-state index >= 15 is 0 Å². The van der Waals surface area contributed by atoms with Crippen LogP contribution in [0, 0.1) is 13.8 Å². The van der Waals surface area contributed by atoms with E-state index in [1.165, 1.54) is 7.11 Å². The molecular formula is C23H30N2O7. The van der Waals surface area contributed by atoms with Gasteiger partial charge in [0.1, 0.15) is 11.5 Å². The van der Waals surface area contributed by atoms with Gasteiger partial charge in [-0.05, 0) is 44.0 Å². The third kappa shape index (κ3) is 6.10. The highest BCUT2D eigenvalue weighted by atomic mass is 16.5. The Morgan fingerprint density at radius 3 is 2.12 bits per heavy atom. The van der Waals surface area contributed by atoms with Gasteiger partial charge in [0, 0.05) is 18.3 Å². The SMILES string of the molecule is CCOC(=O)c1c(C)[nH]c(C(=O)CN(CC(=O)OC)Cc2cc(OC)cc(OC)c2)c1C. The molecule has 9 nitrogen and oxygen atoms in total. The van der Waals surface area contributed by atoms with Gasteiger partial charge in [0.2, 0.25) is 0 Å². The average Bonchev–Trinajstić information content (AvgIpc) is 3.07. The molecular weight excluding hydrogens is 416 g/mol. The number of aromatic amines is 1. The standard InChI is InChI=1S/C23H30N2O7/c1-7-32-23(28)21-14(2)22(24-15(21)3)19(26)12-25(13-20(27)31-6)11-16-8-17(29-4)10-18(9-16)30-5/h8-10,24H,7,11-13H2,1-6H3. The first kappa shape index (κ1) is 24.9. The van der Waals surface area contributed by atoms with E-state index in [1.54, 1.807) is 58.1 Å². The minimum Gasteiger partial charge on any atom is -0.497 e. The molecule has 0 aliphatic rings. The quantitative estimate of drug-likeness (QED) is 0.415. The van der Waals surface area contributed by atoms with E-state index in [-0.39, 0.29) is 32.0 Å². The summed E-state index contributed by atoms with van der Waals surface area (Å²) >= 11 is 0. The summed E-state index contributed by atoms with van der Waals surface area (Å²) in [5.41, 5.74) is 2.54. The number of nitrogens with one attached hydrogen (secondary N) is 1. The Kier molecular flexibility index (Phi) is 8.83. The Hall–Kier alpha value is -3.33. The van der Waals surface area contributed by atoms with Crippen LogP contribution in [0.4, 0.5) is 0 Å². The number of Topliss-reactive ketones (excluding diaryl/α,β-unsaturated/α-hetero) is 1. The summed E-state index contributed by atoms with van der Waals surface area (Å²) < 4.78 is 20.5. The summed E-state index contributed by atoms with van der Waals surface area (Å²) in [7, 11) is 4.39. The lowest BCUT2D eigenvalue weighted by atomic mass is 10.1. The number of nitrogens with zero attached hydrogens (tertiary/aromatic N) is 1. The highest BCUT2D eigenvalue weighted by Crippen LogP contribution is 2.24. The maximum Gasteiger partial charge on any atom is 0.340 e. The molecule has 174 valence electrons. The molecule has 9 heteroatoms. The van der Waals surface area contributed by atoms with Crippen LogP contribution in [0.1, 0.15) is 44.6 Å². The molecule has 0 fully saturated rings. The fraction of sp³-hybridized carbons (Fsp3) is 0.435. The smallest absolute Gasteiger partial charge is 0.340 e. The molecule has 0 amide bonds. The number of benzene rings is 1. The zero-order valence-electron chi connectivity index (χ0n) is 19.4.